The van der Waals surface area contributed by atoms with Gasteiger partial charge in [-0.15, -0.1) is 0 Å². The molecule has 0 bridgehead atoms. The van der Waals surface area contributed by atoms with Crippen LogP contribution in [0.15, 0.2) is 164 Å². The van der Waals surface area contributed by atoms with Crippen molar-refractivity contribution in [2.75, 3.05) is 5.32 Å². The molecule has 0 atom stereocenters. The highest BCUT2D eigenvalue weighted by Gasteiger charge is 2.16. The van der Waals surface area contributed by atoms with Crippen LogP contribution in [0.2, 0.25) is 0 Å². The quantitative estimate of drug-likeness (QED) is 0.183. The molecule has 0 radical (unpaired) electrons. The molecule has 8 aromatic rings. The number of fused-ring (bicyclic) bond motifs is 7. The largest absolute Gasteiger partial charge is 0.355 e. The Balaban J connectivity index is 1.30. The van der Waals surface area contributed by atoms with Crippen molar-refractivity contribution in [2.45, 2.75) is 6.92 Å². The molecule has 0 unspecified atom stereocenters. The van der Waals surface area contributed by atoms with Gasteiger partial charge < -0.3 is 14.5 Å². The molecular weight excluding hydrogens is 558 g/mol. The van der Waals surface area contributed by atoms with Gasteiger partial charge in [-0.25, -0.2) is 0 Å². The first-order valence-electron chi connectivity index (χ1n) is 15.6. The molecule has 3 heteroatoms. The van der Waals surface area contributed by atoms with Gasteiger partial charge in [0.1, 0.15) is 0 Å². The van der Waals surface area contributed by atoms with Crippen LogP contribution in [-0.2, 0) is 0 Å². The lowest BCUT2D eigenvalue weighted by Gasteiger charge is -2.14. The SMILES string of the molecule is C=C/C=C\C(=C/C)Nc1cc2cc3c(cc2cc1C=C)c1ccccc1n3-c1ccc(-n2c3ccccc3c3ccccc32)cc1. The average molecular weight is 592 g/mol. The Morgan fingerprint density at radius 2 is 1.11 bits per heavy atom. The molecule has 0 fully saturated rings. The van der Waals surface area contributed by atoms with E-state index in [1.165, 1.54) is 49.0 Å². The van der Waals surface area contributed by atoms with Crippen molar-refractivity contribution in [1.29, 1.82) is 0 Å². The number of benzene rings is 6. The number of aromatic nitrogens is 2. The minimum atomic E-state index is 1.00. The van der Waals surface area contributed by atoms with Crippen molar-refractivity contribution in [2.24, 2.45) is 0 Å². The maximum atomic E-state index is 4.11. The zero-order chi connectivity index (χ0) is 31.2. The molecule has 0 amide bonds. The van der Waals surface area contributed by atoms with Crippen molar-refractivity contribution >= 4 is 66.1 Å². The third-order valence-corrected chi connectivity index (χ3v) is 8.97. The summed E-state index contributed by atoms with van der Waals surface area (Å²) in [5.74, 6) is 0. The van der Waals surface area contributed by atoms with Crippen LogP contribution in [0.5, 0.6) is 0 Å². The fraction of sp³-hybridized carbons (Fsp3) is 0.0233. The van der Waals surface area contributed by atoms with Crippen LogP contribution in [0, 0.1) is 0 Å². The van der Waals surface area contributed by atoms with E-state index in [0.29, 0.717) is 0 Å². The number of hydrogen-bond donors (Lipinski definition) is 1. The number of para-hydroxylation sites is 3. The Kier molecular flexibility index (Phi) is 6.66. The van der Waals surface area contributed by atoms with E-state index in [4.69, 9.17) is 0 Å². The van der Waals surface area contributed by atoms with Gasteiger partial charge in [0, 0.05) is 44.3 Å². The summed E-state index contributed by atoms with van der Waals surface area (Å²) in [7, 11) is 0. The third kappa shape index (κ3) is 4.36. The summed E-state index contributed by atoms with van der Waals surface area (Å²) in [6.07, 6.45) is 9.71. The van der Waals surface area contributed by atoms with Crippen LogP contribution < -0.4 is 5.32 Å². The molecule has 8 rings (SSSR count). The zero-order valence-corrected chi connectivity index (χ0v) is 25.7. The number of allylic oxidation sites excluding steroid dienone is 4. The van der Waals surface area contributed by atoms with Gasteiger partial charge in [-0.2, -0.15) is 0 Å². The van der Waals surface area contributed by atoms with Crippen LogP contribution in [-0.4, -0.2) is 9.13 Å². The van der Waals surface area contributed by atoms with Gasteiger partial charge in [0.2, 0.25) is 0 Å². The predicted molar refractivity (Wildman–Crippen MR) is 199 cm³/mol. The molecule has 46 heavy (non-hydrogen) atoms. The molecule has 0 spiro atoms. The molecule has 3 nitrogen and oxygen atoms in total. The lowest BCUT2D eigenvalue weighted by molar-refractivity contribution is 1.15. The molecule has 0 saturated carbocycles. The van der Waals surface area contributed by atoms with E-state index in [-0.39, 0.29) is 0 Å². The summed E-state index contributed by atoms with van der Waals surface area (Å²) < 4.78 is 4.75. The van der Waals surface area contributed by atoms with Crippen molar-refractivity contribution in [3.63, 3.8) is 0 Å². The molecule has 0 saturated heterocycles. The van der Waals surface area contributed by atoms with Crippen LogP contribution in [0.1, 0.15) is 12.5 Å². The van der Waals surface area contributed by atoms with Crippen molar-refractivity contribution < 1.29 is 0 Å². The maximum Gasteiger partial charge on any atom is 0.0547 e. The normalized spacial score (nSPS) is 12.2. The molecule has 6 aromatic carbocycles. The number of anilines is 1. The smallest absolute Gasteiger partial charge is 0.0547 e. The summed E-state index contributed by atoms with van der Waals surface area (Å²) in [5.41, 5.74) is 10.1. The van der Waals surface area contributed by atoms with Gasteiger partial charge in [-0.3, -0.25) is 0 Å². The first-order chi connectivity index (χ1) is 22.7. The summed E-state index contributed by atoms with van der Waals surface area (Å²) in [6, 6.07) is 44.0. The van der Waals surface area contributed by atoms with Crippen LogP contribution >= 0.6 is 0 Å². The molecule has 0 aliphatic rings. The lowest BCUT2D eigenvalue weighted by atomic mass is 10.0. The first kappa shape index (κ1) is 27.5. The van der Waals surface area contributed by atoms with Crippen LogP contribution in [0.3, 0.4) is 0 Å². The van der Waals surface area contributed by atoms with E-state index in [1.807, 2.05) is 25.2 Å². The first-order valence-corrected chi connectivity index (χ1v) is 15.6. The number of nitrogens with zero attached hydrogens (tertiary/aromatic N) is 2. The van der Waals surface area contributed by atoms with E-state index in [9.17, 15) is 0 Å². The Labute approximate surface area is 268 Å². The predicted octanol–water partition coefficient (Wildman–Crippen LogP) is 11.7. The molecule has 2 heterocycles. The minimum absolute atomic E-state index is 1.00. The van der Waals surface area contributed by atoms with Gasteiger partial charge in [0.15, 0.2) is 0 Å². The van der Waals surface area contributed by atoms with Gasteiger partial charge in [0.25, 0.3) is 0 Å². The lowest BCUT2D eigenvalue weighted by Crippen LogP contribution is -1.99. The van der Waals surface area contributed by atoms with E-state index in [2.05, 4.69) is 155 Å². The highest BCUT2D eigenvalue weighted by Crippen LogP contribution is 2.38. The Morgan fingerprint density at radius 1 is 0.587 bits per heavy atom. The second-order valence-corrected chi connectivity index (χ2v) is 11.6. The highest BCUT2D eigenvalue weighted by atomic mass is 15.0. The van der Waals surface area contributed by atoms with Crippen LogP contribution in [0.4, 0.5) is 5.69 Å². The molecule has 220 valence electrons. The number of nitrogens with one attached hydrogen (secondary N) is 1. The van der Waals surface area contributed by atoms with Crippen molar-refractivity contribution in [3.05, 3.63) is 170 Å². The highest BCUT2D eigenvalue weighted by molar-refractivity contribution is 6.14. The molecule has 2 aromatic heterocycles. The molecular formula is C43H33N3. The number of rotatable bonds is 7. The maximum absolute atomic E-state index is 4.11. The third-order valence-electron chi connectivity index (χ3n) is 8.97. The van der Waals surface area contributed by atoms with Crippen molar-refractivity contribution in [1.82, 2.24) is 9.13 Å². The topological polar surface area (TPSA) is 21.9 Å². The van der Waals surface area contributed by atoms with Crippen LogP contribution in [0.25, 0.3) is 71.8 Å². The van der Waals surface area contributed by atoms with E-state index in [0.717, 1.165) is 33.7 Å². The van der Waals surface area contributed by atoms with Gasteiger partial charge >= 0.3 is 0 Å². The Bertz CT molecular complexity index is 2480. The van der Waals surface area contributed by atoms with Gasteiger partial charge in [0.05, 0.1) is 22.1 Å². The summed E-state index contributed by atoms with van der Waals surface area (Å²) in [5, 5.41) is 10.9. The number of hydrogen-bond acceptors (Lipinski definition) is 1. The average Bonchev–Trinajstić information content (AvgIpc) is 3.61. The fourth-order valence-corrected chi connectivity index (χ4v) is 6.83. The van der Waals surface area contributed by atoms with E-state index >= 15 is 0 Å². The van der Waals surface area contributed by atoms with E-state index < -0.39 is 0 Å². The standard InChI is InChI=1S/C43H33N3/c1-4-7-14-32(6-3)44-39-27-31-28-43-38(26-30(31)25-29(39)5-2)37-17-10-13-20-42(37)46(43)34-23-21-33(22-24-34)45-40-18-11-8-15-35(40)36-16-9-12-19-41(36)45/h4-28,44H,1-2H2,3H3/b14-7-,32-6+. The summed E-state index contributed by atoms with van der Waals surface area (Å²) >= 11 is 0. The Hall–Kier alpha value is -6.06. The van der Waals surface area contributed by atoms with E-state index in [1.54, 1.807) is 6.08 Å². The van der Waals surface area contributed by atoms with Crippen molar-refractivity contribution in [3.8, 4) is 11.4 Å². The fourth-order valence-electron chi connectivity index (χ4n) is 6.83. The molecule has 0 aliphatic carbocycles. The minimum Gasteiger partial charge on any atom is -0.355 e. The second-order valence-electron chi connectivity index (χ2n) is 11.6. The monoisotopic (exact) mass is 591 g/mol. The molecule has 1 N–H and O–H groups in total. The zero-order valence-electron chi connectivity index (χ0n) is 25.7. The Morgan fingerprint density at radius 3 is 1.65 bits per heavy atom. The van der Waals surface area contributed by atoms with Gasteiger partial charge in [-0.05, 0) is 96.1 Å². The van der Waals surface area contributed by atoms with Gasteiger partial charge in [-0.1, -0.05) is 92.1 Å². The summed E-state index contributed by atoms with van der Waals surface area (Å²) in [4.78, 5) is 0. The second kappa shape index (κ2) is 11.1. The summed E-state index contributed by atoms with van der Waals surface area (Å²) in [6.45, 7) is 9.94. The molecule has 0 aliphatic heterocycles.